The second-order valence-electron chi connectivity index (χ2n) is 5.45. The minimum Gasteiger partial charge on any atom is -0.388 e. The number of nitrogens with two attached hydrogens (primary N) is 1. The van der Waals surface area contributed by atoms with E-state index in [4.69, 9.17) is 5.14 Å². The van der Waals surface area contributed by atoms with Crippen LogP contribution in [-0.4, -0.2) is 32.7 Å². The van der Waals surface area contributed by atoms with Crippen LogP contribution in [0.15, 0.2) is 23.1 Å². The van der Waals surface area contributed by atoms with Gasteiger partial charge in [-0.15, -0.1) is 0 Å². The first kappa shape index (κ1) is 15.2. The summed E-state index contributed by atoms with van der Waals surface area (Å²) in [6, 6.07) is 3.54. The van der Waals surface area contributed by atoms with Crippen molar-refractivity contribution in [1.82, 2.24) is 0 Å². The van der Waals surface area contributed by atoms with Crippen LogP contribution in [0, 0.1) is 5.82 Å². The first-order valence-corrected chi connectivity index (χ1v) is 8.02. The van der Waals surface area contributed by atoms with Crippen molar-refractivity contribution < 1.29 is 17.9 Å². The second-order valence-corrected chi connectivity index (χ2v) is 7.01. The van der Waals surface area contributed by atoms with E-state index in [2.05, 4.69) is 0 Å². The molecule has 112 valence electrons. The molecule has 0 heterocycles. The van der Waals surface area contributed by atoms with E-state index in [1.165, 1.54) is 12.1 Å². The number of nitrogens with zero attached hydrogens (tertiary/aromatic N) is 1. The molecule has 20 heavy (non-hydrogen) atoms. The summed E-state index contributed by atoms with van der Waals surface area (Å²) < 4.78 is 36.3. The predicted octanol–water partition coefficient (Wildman–Crippen LogP) is 1.21. The average Bonchev–Trinajstić information content (AvgIpc) is 2.74. The van der Waals surface area contributed by atoms with Gasteiger partial charge in [0.15, 0.2) is 0 Å². The molecule has 3 N–H and O–H groups in total. The molecule has 2 rings (SSSR count). The molecule has 0 spiro atoms. The van der Waals surface area contributed by atoms with Gasteiger partial charge in [-0.2, -0.15) is 0 Å². The first-order chi connectivity index (χ1) is 9.21. The standard InChI is InChI=1S/C13H19FN2O3S/c1-16(9-13(17)6-2-3-7-13)12-5-4-10(8-11(12)14)20(15,18)19/h4-5,8,17H,2-3,6-7,9H2,1H3,(H2,15,18,19). The minimum absolute atomic E-state index is 0.248. The third-order valence-corrected chi connectivity index (χ3v) is 4.64. The van der Waals surface area contributed by atoms with Gasteiger partial charge in [0.05, 0.1) is 16.2 Å². The van der Waals surface area contributed by atoms with Crippen molar-refractivity contribution in [2.24, 2.45) is 5.14 Å². The molecule has 0 amide bonds. The third-order valence-electron chi connectivity index (χ3n) is 3.72. The molecule has 0 aromatic heterocycles. The van der Waals surface area contributed by atoms with Gasteiger partial charge in [0.25, 0.3) is 0 Å². The summed E-state index contributed by atoms with van der Waals surface area (Å²) in [5.74, 6) is -0.666. The number of benzene rings is 1. The Labute approximate surface area is 118 Å². The van der Waals surface area contributed by atoms with Gasteiger partial charge in [-0.3, -0.25) is 0 Å². The second kappa shape index (κ2) is 5.31. The first-order valence-electron chi connectivity index (χ1n) is 6.47. The molecular weight excluding hydrogens is 283 g/mol. The minimum atomic E-state index is -3.91. The van der Waals surface area contributed by atoms with Gasteiger partial charge in [0.1, 0.15) is 5.82 Å². The summed E-state index contributed by atoms with van der Waals surface area (Å²) in [6.45, 7) is 0.318. The van der Waals surface area contributed by atoms with Crippen molar-refractivity contribution in [3.05, 3.63) is 24.0 Å². The van der Waals surface area contributed by atoms with Crippen LogP contribution in [-0.2, 0) is 10.0 Å². The summed E-state index contributed by atoms with van der Waals surface area (Å²) >= 11 is 0. The lowest BCUT2D eigenvalue weighted by Crippen LogP contribution is -2.39. The fourth-order valence-corrected chi connectivity index (χ4v) is 3.22. The zero-order chi connectivity index (χ0) is 15.0. The van der Waals surface area contributed by atoms with E-state index in [1.807, 2.05) is 0 Å². The quantitative estimate of drug-likeness (QED) is 0.876. The maximum absolute atomic E-state index is 14.0. The highest BCUT2D eigenvalue weighted by molar-refractivity contribution is 7.89. The Bertz CT molecular complexity index is 598. The maximum Gasteiger partial charge on any atom is 0.238 e. The number of primary sulfonamides is 1. The topological polar surface area (TPSA) is 83.6 Å². The Morgan fingerprint density at radius 1 is 1.40 bits per heavy atom. The van der Waals surface area contributed by atoms with E-state index in [0.29, 0.717) is 19.4 Å². The molecule has 7 heteroatoms. The number of hydrogen-bond donors (Lipinski definition) is 2. The number of rotatable bonds is 4. The van der Waals surface area contributed by atoms with Gasteiger partial charge in [-0.1, -0.05) is 12.8 Å². The Kier molecular flexibility index (Phi) is 4.04. The highest BCUT2D eigenvalue weighted by Gasteiger charge is 2.32. The smallest absolute Gasteiger partial charge is 0.238 e. The van der Waals surface area contributed by atoms with Gasteiger partial charge in [-0.05, 0) is 31.0 Å². The van der Waals surface area contributed by atoms with Crippen LogP contribution in [0.3, 0.4) is 0 Å². The van der Waals surface area contributed by atoms with Crippen molar-refractivity contribution in [2.45, 2.75) is 36.2 Å². The number of likely N-dealkylation sites (N-methyl/N-ethyl adjacent to an activating group) is 1. The van der Waals surface area contributed by atoms with Gasteiger partial charge in [0.2, 0.25) is 10.0 Å². The van der Waals surface area contributed by atoms with E-state index in [1.54, 1.807) is 11.9 Å². The molecule has 0 aliphatic heterocycles. The Morgan fingerprint density at radius 3 is 2.50 bits per heavy atom. The monoisotopic (exact) mass is 302 g/mol. The van der Waals surface area contributed by atoms with Gasteiger partial charge in [-0.25, -0.2) is 17.9 Å². The lowest BCUT2D eigenvalue weighted by Gasteiger charge is -2.30. The fraction of sp³-hybridized carbons (Fsp3) is 0.538. The van der Waals surface area contributed by atoms with E-state index in [-0.39, 0.29) is 10.6 Å². The molecule has 1 aromatic rings. The summed E-state index contributed by atoms with van der Waals surface area (Å²) in [5, 5.41) is 15.3. The largest absolute Gasteiger partial charge is 0.388 e. The van der Waals surface area contributed by atoms with Crippen LogP contribution in [0.2, 0.25) is 0 Å². The van der Waals surface area contributed by atoms with Crippen LogP contribution in [0.4, 0.5) is 10.1 Å². The lowest BCUT2D eigenvalue weighted by atomic mass is 10.0. The molecule has 0 radical (unpaired) electrons. The van der Waals surface area contributed by atoms with Crippen LogP contribution >= 0.6 is 0 Å². The molecule has 0 bridgehead atoms. The molecule has 1 aromatic carbocycles. The van der Waals surface area contributed by atoms with Crippen molar-refractivity contribution >= 4 is 15.7 Å². The maximum atomic E-state index is 14.0. The normalized spacial score (nSPS) is 18.2. The van der Waals surface area contributed by atoms with Crippen LogP contribution in [0.1, 0.15) is 25.7 Å². The summed E-state index contributed by atoms with van der Waals surface area (Å²) in [5.41, 5.74) is -0.544. The molecule has 0 unspecified atom stereocenters. The van der Waals surface area contributed by atoms with Crippen molar-refractivity contribution in [2.75, 3.05) is 18.5 Å². The number of halogens is 1. The Morgan fingerprint density at radius 2 is 2.00 bits per heavy atom. The number of sulfonamides is 1. The van der Waals surface area contributed by atoms with Crippen molar-refractivity contribution in [3.63, 3.8) is 0 Å². The fourth-order valence-electron chi connectivity index (χ4n) is 2.69. The van der Waals surface area contributed by atoms with Crippen molar-refractivity contribution in [1.29, 1.82) is 0 Å². The average molecular weight is 302 g/mol. The summed E-state index contributed by atoms with van der Waals surface area (Å²) in [6.07, 6.45) is 3.34. The zero-order valence-corrected chi connectivity index (χ0v) is 12.2. The van der Waals surface area contributed by atoms with Crippen molar-refractivity contribution in [3.8, 4) is 0 Å². The number of anilines is 1. The SMILES string of the molecule is CN(CC1(O)CCCC1)c1ccc(S(N)(=O)=O)cc1F. The highest BCUT2D eigenvalue weighted by atomic mass is 32.2. The van der Waals surface area contributed by atoms with Gasteiger partial charge >= 0.3 is 0 Å². The Hall–Kier alpha value is -1.18. The van der Waals surface area contributed by atoms with E-state index in [9.17, 15) is 17.9 Å². The third kappa shape index (κ3) is 3.28. The Balaban J connectivity index is 2.20. The van der Waals surface area contributed by atoms with Crippen LogP contribution < -0.4 is 10.0 Å². The molecule has 5 nitrogen and oxygen atoms in total. The predicted molar refractivity (Wildman–Crippen MR) is 74.5 cm³/mol. The molecular formula is C13H19FN2O3S. The van der Waals surface area contributed by atoms with E-state index < -0.39 is 21.4 Å². The summed E-state index contributed by atoms with van der Waals surface area (Å²) in [7, 11) is -2.24. The number of aliphatic hydroxyl groups is 1. The molecule has 1 fully saturated rings. The number of hydrogen-bond acceptors (Lipinski definition) is 4. The van der Waals surface area contributed by atoms with Crippen LogP contribution in [0.5, 0.6) is 0 Å². The molecule has 1 aliphatic rings. The van der Waals surface area contributed by atoms with Gasteiger partial charge < -0.3 is 10.0 Å². The van der Waals surface area contributed by atoms with E-state index in [0.717, 1.165) is 18.9 Å². The lowest BCUT2D eigenvalue weighted by molar-refractivity contribution is 0.0558. The molecule has 1 saturated carbocycles. The van der Waals surface area contributed by atoms with Gasteiger partial charge in [0, 0.05) is 13.6 Å². The molecule has 0 saturated heterocycles. The zero-order valence-electron chi connectivity index (χ0n) is 11.3. The van der Waals surface area contributed by atoms with Crippen LogP contribution in [0.25, 0.3) is 0 Å². The molecule has 0 atom stereocenters. The molecule has 1 aliphatic carbocycles. The summed E-state index contributed by atoms with van der Waals surface area (Å²) in [4.78, 5) is 1.35. The highest BCUT2D eigenvalue weighted by Crippen LogP contribution is 2.32. The van der Waals surface area contributed by atoms with E-state index >= 15 is 0 Å².